The first-order valence-electron chi connectivity index (χ1n) is 2.03. The van der Waals surface area contributed by atoms with Crippen molar-refractivity contribution in [3.05, 3.63) is 5.57 Å². The third-order valence-corrected chi connectivity index (χ3v) is 1.08. The molecular weight excluding hydrogens is 142 g/mol. The maximum Gasteiger partial charge on any atom is 0.260 e. The third-order valence-electron chi connectivity index (χ3n) is 0.606. The van der Waals surface area contributed by atoms with Crippen molar-refractivity contribution >= 4 is 21.2 Å². The molecule has 1 amide bonds. The SMILES string of the molecule is CC(=C=S(=O)=O)C(N)=O. The van der Waals surface area contributed by atoms with Crippen LogP contribution in [0.2, 0.25) is 0 Å². The highest BCUT2D eigenvalue weighted by atomic mass is 32.2. The third kappa shape index (κ3) is 3.52. The van der Waals surface area contributed by atoms with Crippen LogP contribution in [0.5, 0.6) is 0 Å². The summed E-state index contributed by atoms with van der Waals surface area (Å²) in [5.74, 6) is -0.779. The van der Waals surface area contributed by atoms with Gasteiger partial charge in [0.15, 0.2) is 0 Å². The molecule has 2 N–H and O–H groups in total. The second-order valence-corrected chi connectivity index (χ2v) is 2.00. The van der Waals surface area contributed by atoms with E-state index in [9.17, 15) is 13.2 Å². The summed E-state index contributed by atoms with van der Waals surface area (Å²) in [4.78, 5) is 10.1. The maximum atomic E-state index is 10.1. The van der Waals surface area contributed by atoms with E-state index in [2.05, 4.69) is 5.73 Å². The van der Waals surface area contributed by atoms with Crippen LogP contribution in [0, 0.1) is 0 Å². The number of nitrogens with two attached hydrogens (primary N) is 1. The quantitative estimate of drug-likeness (QED) is 0.370. The average Bonchev–Trinajstić information content (AvgIpc) is 1.63. The summed E-state index contributed by atoms with van der Waals surface area (Å²) in [7, 11) is -2.45. The smallest absolute Gasteiger partial charge is 0.260 e. The number of carbonyl (C=O) groups is 1. The lowest BCUT2D eigenvalue weighted by Gasteiger charge is -1.80. The molecule has 9 heavy (non-hydrogen) atoms. The summed E-state index contributed by atoms with van der Waals surface area (Å²) in [6.07, 6.45) is 0. The van der Waals surface area contributed by atoms with E-state index in [1.54, 1.807) is 5.02 Å². The van der Waals surface area contributed by atoms with E-state index in [0.29, 0.717) is 0 Å². The number of rotatable bonds is 1. The van der Waals surface area contributed by atoms with E-state index in [1.807, 2.05) is 0 Å². The molecule has 0 rings (SSSR count). The Bertz CT molecular complexity index is 273. The molecule has 50 valence electrons. The molecule has 0 aromatic rings. The zero-order valence-electron chi connectivity index (χ0n) is 4.71. The van der Waals surface area contributed by atoms with E-state index in [1.165, 1.54) is 6.92 Å². The fourth-order valence-electron chi connectivity index (χ4n) is 0.175. The number of amides is 1. The summed E-state index contributed by atoms with van der Waals surface area (Å²) in [6.45, 7) is 1.28. The van der Waals surface area contributed by atoms with Crippen LogP contribution in [-0.2, 0) is 15.1 Å². The topological polar surface area (TPSA) is 77.2 Å². The molecule has 0 saturated carbocycles. The lowest BCUT2D eigenvalue weighted by atomic mass is 10.3. The summed E-state index contributed by atoms with van der Waals surface area (Å²) < 4.78 is 19.5. The van der Waals surface area contributed by atoms with Crippen molar-refractivity contribution in [2.45, 2.75) is 6.92 Å². The molecule has 0 atom stereocenters. The minimum Gasteiger partial charge on any atom is -0.365 e. The first-order chi connectivity index (χ1) is 4.04. The largest absolute Gasteiger partial charge is 0.365 e. The fraction of sp³-hybridized carbons (Fsp3) is 0.250. The van der Waals surface area contributed by atoms with Crippen LogP contribution in [0.4, 0.5) is 0 Å². The Balaban J connectivity index is 5.02. The second-order valence-electron chi connectivity index (χ2n) is 1.33. The van der Waals surface area contributed by atoms with E-state index >= 15 is 0 Å². The predicted octanol–water partition coefficient (Wildman–Crippen LogP) is -1.30. The Morgan fingerprint density at radius 3 is 2.11 bits per heavy atom. The molecule has 0 aromatic heterocycles. The number of hydrogen-bond acceptors (Lipinski definition) is 3. The van der Waals surface area contributed by atoms with E-state index in [0.717, 1.165) is 0 Å². The first-order valence-corrected chi connectivity index (χ1v) is 3.11. The Morgan fingerprint density at radius 1 is 1.56 bits per heavy atom. The summed E-state index contributed by atoms with van der Waals surface area (Å²) in [5.41, 5.74) is 4.58. The fourth-order valence-corrected chi connectivity index (χ4v) is 0.526. The molecule has 0 aliphatic carbocycles. The van der Waals surface area contributed by atoms with Crippen LogP contribution in [0.15, 0.2) is 5.57 Å². The van der Waals surface area contributed by atoms with Crippen LogP contribution in [0.3, 0.4) is 0 Å². The summed E-state index contributed by atoms with van der Waals surface area (Å²) in [5, 5.41) is 1.80. The van der Waals surface area contributed by atoms with Crippen LogP contribution in [-0.4, -0.2) is 19.3 Å². The molecule has 0 fully saturated rings. The van der Waals surface area contributed by atoms with Crippen molar-refractivity contribution < 1.29 is 13.2 Å². The van der Waals surface area contributed by atoms with Gasteiger partial charge in [-0.15, -0.1) is 0 Å². The second kappa shape index (κ2) is 3.06. The van der Waals surface area contributed by atoms with Crippen molar-refractivity contribution in [3.8, 4) is 0 Å². The van der Waals surface area contributed by atoms with E-state index < -0.39 is 16.2 Å². The lowest BCUT2D eigenvalue weighted by molar-refractivity contribution is -0.114. The van der Waals surface area contributed by atoms with Gasteiger partial charge in [-0.05, 0) is 6.92 Å². The zero-order chi connectivity index (χ0) is 7.44. The molecule has 0 radical (unpaired) electrons. The Labute approximate surface area is 53.5 Å². The van der Waals surface area contributed by atoms with Crippen LogP contribution < -0.4 is 5.73 Å². The van der Waals surface area contributed by atoms with Gasteiger partial charge in [-0.1, -0.05) is 0 Å². The van der Waals surface area contributed by atoms with Crippen molar-refractivity contribution in [1.82, 2.24) is 0 Å². The normalized spacial score (nSPS) is 7.67. The lowest BCUT2D eigenvalue weighted by Crippen LogP contribution is -2.11. The van der Waals surface area contributed by atoms with E-state index in [4.69, 9.17) is 0 Å². The molecule has 0 saturated heterocycles. The molecule has 0 spiro atoms. The van der Waals surface area contributed by atoms with Gasteiger partial charge in [-0.3, -0.25) is 4.79 Å². The van der Waals surface area contributed by atoms with Gasteiger partial charge in [-0.25, -0.2) is 0 Å². The van der Waals surface area contributed by atoms with Gasteiger partial charge >= 0.3 is 0 Å². The van der Waals surface area contributed by atoms with E-state index in [-0.39, 0.29) is 5.57 Å². The van der Waals surface area contributed by atoms with Gasteiger partial charge in [0.1, 0.15) is 0 Å². The van der Waals surface area contributed by atoms with Gasteiger partial charge in [-0.2, -0.15) is 8.42 Å². The van der Waals surface area contributed by atoms with Crippen molar-refractivity contribution in [1.29, 1.82) is 0 Å². The minimum atomic E-state index is -2.45. The molecule has 5 heteroatoms. The monoisotopic (exact) mass is 147 g/mol. The maximum absolute atomic E-state index is 10.1. The Hall–Kier alpha value is -1.06. The molecule has 0 bridgehead atoms. The molecule has 4 nitrogen and oxygen atoms in total. The molecule has 0 aromatic carbocycles. The number of primary amides is 1. The highest BCUT2D eigenvalue weighted by Gasteiger charge is 1.92. The van der Waals surface area contributed by atoms with Crippen molar-refractivity contribution in [2.75, 3.05) is 0 Å². The minimum absolute atomic E-state index is 0.0941. The van der Waals surface area contributed by atoms with Crippen molar-refractivity contribution in [2.24, 2.45) is 5.73 Å². The molecule has 0 aliphatic heterocycles. The van der Waals surface area contributed by atoms with Gasteiger partial charge in [0, 0.05) is 5.02 Å². The molecular formula is C4H5NO3S. The molecule has 0 heterocycles. The van der Waals surface area contributed by atoms with Crippen LogP contribution >= 0.6 is 0 Å². The highest BCUT2D eigenvalue weighted by Crippen LogP contribution is 1.77. The summed E-state index contributed by atoms with van der Waals surface area (Å²) >= 11 is 0. The van der Waals surface area contributed by atoms with Gasteiger partial charge < -0.3 is 5.73 Å². The average molecular weight is 147 g/mol. The predicted molar refractivity (Wildman–Crippen MR) is 32.3 cm³/mol. The van der Waals surface area contributed by atoms with Crippen LogP contribution in [0.1, 0.15) is 6.92 Å². The van der Waals surface area contributed by atoms with Crippen LogP contribution in [0.25, 0.3) is 0 Å². The Kier molecular flexibility index (Phi) is 2.70. The van der Waals surface area contributed by atoms with Gasteiger partial charge in [0.05, 0.1) is 5.57 Å². The highest BCUT2D eigenvalue weighted by molar-refractivity contribution is 7.71. The van der Waals surface area contributed by atoms with Gasteiger partial charge in [0.2, 0.25) is 0 Å². The van der Waals surface area contributed by atoms with Crippen molar-refractivity contribution in [3.63, 3.8) is 0 Å². The number of carbonyl (C=O) groups excluding carboxylic acids is 1. The Morgan fingerprint density at radius 2 is 2.00 bits per heavy atom. The van der Waals surface area contributed by atoms with Gasteiger partial charge in [0.25, 0.3) is 16.2 Å². The zero-order valence-corrected chi connectivity index (χ0v) is 5.53. The number of hydrogen-bond donors (Lipinski definition) is 1. The first kappa shape index (κ1) is 7.94. The standard InChI is InChI=1S/C4H5NO3S/c1-3(4(5)6)2-9(7)8/h1H3,(H2,5,6). The summed E-state index contributed by atoms with van der Waals surface area (Å²) in [6, 6.07) is 0. The molecule has 0 unspecified atom stereocenters. The molecule has 0 aliphatic rings.